The highest BCUT2D eigenvalue weighted by molar-refractivity contribution is 5.79. The van der Waals surface area contributed by atoms with Crippen molar-refractivity contribution in [2.24, 2.45) is 0 Å². The topological polar surface area (TPSA) is 90.1 Å². The fourth-order valence-electron chi connectivity index (χ4n) is 2.38. The average Bonchev–Trinajstić information content (AvgIpc) is 2.93. The van der Waals surface area contributed by atoms with E-state index >= 15 is 0 Å². The Morgan fingerprint density at radius 2 is 2.15 bits per heavy atom. The Kier molecular flexibility index (Phi) is 2.94. The maximum Gasteiger partial charge on any atom is 0.138 e. The van der Waals surface area contributed by atoms with Gasteiger partial charge in [-0.3, -0.25) is 0 Å². The van der Waals surface area contributed by atoms with Gasteiger partial charge in [-0.15, -0.1) is 0 Å². The number of hydrogen-bond donors (Lipinski definition) is 2. The van der Waals surface area contributed by atoms with Crippen molar-refractivity contribution in [2.75, 3.05) is 5.73 Å². The Bertz CT molecular complexity index is 753. The van der Waals surface area contributed by atoms with Gasteiger partial charge in [0.15, 0.2) is 0 Å². The quantitative estimate of drug-likeness (QED) is 0.709. The monoisotopic (exact) mass is 272 g/mol. The van der Waals surface area contributed by atoms with Crippen molar-refractivity contribution in [3.8, 4) is 0 Å². The summed E-state index contributed by atoms with van der Waals surface area (Å²) in [7, 11) is 0. The molecule has 0 radical (unpaired) electrons. The van der Waals surface area contributed by atoms with E-state index < -0.39 is 0 Å². The van der Waals surface area contributed by atoms with Crippen LogP contribution in [0.25, 0.3) is 11.0 Å². The van der Waals surface area contributed by atoms with E-state index in [9.17, 15) is 5.11 Å². The number of nitrogen functional groups attached to an aromatic ring is 1. The van der Waals surface area contributed by atoms with E-state index in [2.05, 4.69) is 10.1 Å². The number of aryl methyl sites for hydroxylation is 2. The zero-order valence-electron chi connectivity index (χ0n) is 11.4. The molecule has 0 aliphatic carbocycles. The Labute approximate surface area is 115 Å². The number of aliphatic hydroxyl groups excluding tert-OH is 1. The molecule has 0 saturated carbocycles. The number of aromatic nitrogens is 3. The Morgan fingerprint density at radius 3 is 2.80 bits per heavy atom. The van der Waals surface area contributed by atoms with E-state index in [1.165, 1.54) is 0 Å². The Balaban J connectivity index is 2.15. The molecule has 20 heavy (non-hydrogen) atoms. The van der Waals surface area contributed by atoms with Crippen LogP contribution in [0.4, 0.5) is 5.69 Å². The van der Waals surface area contributed by atoms with Crippen molar-refractivity contribution in [1.82, 2.24) is 14.7 Å². The van der Waals surface area contributed by atoms with Crippen LogP contribution in [0.15, 0.2) is 22.7 Å². The summed E-state index contributed by atoms with van der Waals surface area (Å²) in [6.45, 7) is 4.22. The lowest BCUT2D eigenvalue weighted by Gasteiger charge is -2.07. The van der Waals surface area contributed by atoms with Gasteiger partial charge in [0.1, 0.15) is 18.2 Å². The number of aliphatic hydroxyl groups is 1. The molecular formula is C14H16N4O2. The largest absolute Gasteiger partial charge is 0.399 e. The Morgan fingerprint density at radius 1 is 1.35 bits per heavy atom. The molecule has 0 aliphatic heterocycles. The number of nitrogens with two attached hydrogens (primary N) is 1. The van der Waals surface area contributed by atoms with Gasteiger partial charge in [0.05, 0.1) is 23.3 Å². The minimum atomic E-state index is -0.127. The van der Waals surface area contributed by atoms with Crippen LogP contribution in [0.5, 0.6) is 0 Å². The van der Waals surface area contributed by atoms with Crippen molar-refractivity contribution in [2.45, 2.75) is 27.0 Å². The van der Waals surface area contributed by atoms with Gasteiger partial charge in [-0.1, -0.05) is 5.16 Å². The van der Waals surface area contributed by atoms with Crippen LogP contribution in [0.1, 0.15) is 22.8 Å². The summed E-state index contributed by atoms with van der Waals surface area (Å²) >= 11 is 0. The predicted octanol–water partition coefficient (Wildman–Crippen LogP) is 1.76. The molecule has 3 aromatic rings. The molecule has 0 amide bonds. The fourth-order valence-corrected chi connectivity index (χ4v) is 2.38. The third-order valence-corrected chi connectivity index (χ3v) is 3.49. The summed E-state index contributed by atoms with van der Waals surface area (Å²) in [5.74, 6) is 1.38. The van der Waals surface area contributed by atoms with Gasteiger partial charge in [0, 0.05) is 11.3 Å². The molecule has 0 fully saturated rings. The van der Waals surface area contributed by atoms with Gasteiger partial charge < -0.3 is 19.9 Å². The van der Waals surface area contributed by atoms with Crippen LogP contribution in [0.2, 0.25) is 0 Å². The van der Waals surface area contributed by atoms with E-state index in [1.54, 1.807) is 6.07 Å². The van der Waals surface area contributed by atoms with Gasteiger partial charge in [0.2, 0.25) is 0 Å². The first-order valence-electron chi connectivity index (χ1n) is 6.37. The standard InChI is InChI=1S/C14H16N4O2/c1-8-11(9(2)20-17-8)6-18-13-4-3-10(15)5-12(13)16-14(18)7-19/h3-5,19H,6-7,15H2,1-2H3. The number of nitrogens with zero attached hydrogens (tertiary/aromatic N) is 3. The molecule has 2 aromatic heterocycles. The lowest BCUT2D eigenvalue weighted by molar-refractivity contribution is 0.267. The van der Waals surface area contributed by atoms with Gasteiger partial charge in [-0.25, -0.2) is 4.98 Å². The molecule has 0 unspecified atom stereocenters. The van der Waals surface area contributed by atoms with E-state index in [0.717, 1.165) is 28.1 Å². The van der Waals surface area contributed by atoms with Gasteiger partial charge in [-0.05, 0) is 32.0 Å². The van der Waals surface area contributed by atoms with E-state index in [0.29, 0.717) is 18.1 Å². The van der Waals surface area contributed by atoms with Crippen LogP contribution in [0.3, 0.4) is 0 Å². The van der Waals surface area contributed by atoms with Crippen molar-refractivity contribution < 1.29 is 9.63 Å². The van der Waals surface area contributed by atoms with E-state index in [1.807, 2.05) is 30.5 Å². The van der Waals surface area contributed by atoms with Crippen LogP contribution in [-0.4, -0.2) is 19.8 Å². The number of fused-ring (bicyclic) bond motifs is 1. The fraction of sp³-hybridized carbons (Fsp3) is 0.286. The summed E-state index contributed by atoms with van der Waals surface area (Å²) in [4.78, 5) is 4.41. The molecule has 0 bridgehead atoms. The smallest absolute Gasteiger partial charge is 0.138 e. The maximum absolute atomic E-state index is 9.50. The van der Waals surface area contributed by atoms with Crippen molar-refractivity contribution in [3.05, 3.63) is 41.0 Å². The average molecular weight is 272 g/mol. The number of hydrogen-bond acceptors (Lipinski definition) is 5. The third-order valence-electron chi connectivity index (χ3n) is 3.49. The molecule has 0 saturated heterocycles. The first-order chi connectivity index (χ1) is 9.60. The molecular weight excluding hydrogens is 256 g/mol. The molecule has 3 rings (SSSR count). The zero-order chi connectivity index (χ0) is 14.3. The number of imidazole rings is 1. The molecule has 6 nitrogen and oxygen atoms in total. The molecule has 0 atom stereocenters. The Hall–Kier alpha value is -2.34. The lowest BCUT2D eigenvalue weighted by Crippen LogP contribution is -2.06. The highest BCUT2D eigenvalue weighted by Gasteiger charge is 2.15. The second-order valence-corrected chi connectivity index (χ2v) is 4.82. The van der Waals surface area contributed by atoms with Gasteiger partial charge in [0.25, 0.3) is 0 Å². The van der Waals surface area contributed by atoms with Crippen LogP contribution >= 0.6 is 0 Å². The summed E-state index contributed by atoms with van der Waals surface area (Å²) in [5.41, 5.74) is 10.0. The molecule has 2 heterocycles. The highest BCUT2D eigenvalue weighted by atomic mass is 16.5. The highest BCUT2D eigenvalue weighted by Crippen LogP contribution is 2.22. The zero-order valence-corrected chi connectivity index (χ0v) is 11.4. The lowest BCUT2D eigenvalue weighted by atomic mass is 10.2. The van der Waals surface area contributed by atoms with E-state index in [-0.39, 0.29) is 6.61 Å². The molecule has 1 aromatic carbocycles. The van der Waals surface area contributed by atoms with Gasteiger partial charge >= 0.3 is 0 Å². The van der Waals surface area contributed by atoms with Gasteiger partial charge in [-0.2, -0.15) is 0 Å². The summed E-state index contributed by atoms with van der Waals surface area (Å²) in [5, 5.41) is 13.5. The van der Waals surface area contributed by atoms with Crippen molar-refractivity contribution in [1.29, 1.82) is 0 Å². The number of rotatable bonds is 3. The maximum atomic E-state index is 9.50. The predicted molar refractivity (Wildman–Crippen MR) is 75.1 cm³/mol. The third kappa shape index (κ3) is 1.94. The van der Waals surface area contributed by atoms with Crippen LogP contribution in [-0.2, 0) is 13.2 Å². The van der Waals surface area contributed by atoms with Crippen LogP contribution in [0, 0.1) is 13.8 Å². The van der Waals surface area contributed by atoms with Crippen molar-refractivity contribution in [3.63, 3.8) is 0 Å². The molecule has 104 valence electrons. The summed E-state index contributed by atoms with van der Waals surface area (Å²) < 4.78 is 7.14. The first-order valence-corrected chi connectivity index (χ1v) is 6.37. The first kappa shape index (κ1) is 12.7. The van der Waals surface area contributed by atoms with Crippen molar-refractivity contribution >= 4 is 16.7 Å². The number of benzene rings is 1. The van der Waals surface area contributed by atoms with E-state index in [4.69, 9.17) is 10.3 Å². The summed E-state index contributed by atoms with van der Waals surface area (Å²) in [6, 6.07) is 5.54. The minimum absolute atomic E-state index is 0.127. The summed E-state index contributed by atoms with van der Waals surface area (Å²) in [6.07, 6.45) is 0. The normalized spacial score (nSPS) is 11.3. The minimum Gasteiger partial charge on any atom is -0.399 e. The van der Waals surface area contributed by atoms with Crippen LogP contribution < -0.4 is 5.73 Å². The molecule has 3 N–H and O–H groups in total. The number of anilines is 1. The second-order valence-electron chi connectivity index (χ2n) is 4.82. The second kappa shape index (κ2) is 4.64. The molecule has 0 aliphatic rings. The molecule has 0 spiro atoms. The SMILES string of the molecule is Cc1noc(C)c1Cn1c(CO)nc2cc(N)ccc21. The molecule has 6 heteroatoms.